The largest absolute Gasteiger partial charge is 0.497 e. The van der Waals surface area contributed by atoms with Crippen LogP contribution < -0.4 is 33.8 Å². The molecule has 3 aromatic rings. The first-order valence-electron chi connectivity index (χ1n) is 14.6. The molecule has 3 heterocycles. The molecule has 0 bridgehead atoms. The summed E-state index contributed by atoms with van der Waals surface area (Å²) in [4.78, 5) is 14.2. The van der Waals surface area contributed by atoms with Crippen LogP contribution in [-0.4, -0.2) is 146 Å². The quantitative estimate of drug-likeness (QED) is 0.108. The zero-order valence-electron chi connectivity index (χ0n) is 26.5. The number of methoxy groups -OCH3 is 5. The van der Waals surface area contributed by atoms with Gasteiger partial charge in [0, 0.05) is 6.07 Å². The molecule has 1 unspecified atom stereocenters. The van der Waals surface area contributed by atoms with Gasteiger partial charge >= 0.3 is 0 Å². The highest BCUT2D eigenvalue weighted by atomic mass is 16.7. The lowest BCUT2D eigenvalue weighted by atomic mass is 9.98. The Hall–Kier alpha value is -3.69. The molecule has 48 heavy (non-hydrogen) atoms. The summed E-state index contributed by atoms with van der Waals surface area (Å²) in [7, 11) is 6.61. The maximum absolute atomic E-state index is 14.2. The van der Waals surface area contributed by atoms with E-state index in [0.29, 0.717) is 0 Å². The number of aliphatic hydroxyl groups is 7. The van der Waals surface area contributed by atoms with Crippen molar-refractivity contribution in [3.63, 3.8) is 0 Å². The summed E-state index contributed by atoms with van der Waals surface area (Å²) >= 11 is 0. The molecule has 0 spiro atoms. The number of ether oxygens (including phenoxy) is 9. The van der Waals surface area contributed by atoms with Crippen LogP contribution in [0, 0.1) is 0 Å². The number of hydrogen-bond acceptors (Lipinski definition) is 18. The van der Waals surface area contributed by atoms with E-state index in [1.807, 2.05) is 0 Å². The first-order chi connectivity index (χ1) is 22.9. The van der Waals surface area contributed by atoms with E-state index >= 15 is 0 Å². The SMILES string of the molecule is COc1cc(OC)c2oc3c(OC)c(OC)c(OC)c(OC4O[C@H](CO[C@@H]5O[C@H](CO)[C@@H](O)[C@H](O)[C@H]5O)[C@@H](O)[C@H](O)[C@H]4O)c3c(=O)c2c1. The van der Waals surface area contributed by atoms with Crippen molar-refractivity contribution in [3.8, 4) is 34.5 Å². The van der Waals surface area contributed by atoms with E-state index in [4.69, 9.17) is 47.0 Å². The second-order valence-electron chi connectivity index (χ2n) is 10.9. The van der Waals surface area contributed by atoms with Gasteiger partial charge in [0.05, 0.1) is 54.1 Å². The van der Waals surface area contributed by atoms with Crippen molar-refractivity contribution in [1.29, 1.82) is 0 Å². The van der Waals surface area contributed by atoms with Gasteiger partial charge in [-0.2, -0.15) is 0 Å². The van der Waals surface area contributed by atoms with E-state index in [0.717, 1.165) is 0 Å². The summed E-state index contributed by atoms with van der Waals surface area (Å²) in [5, 5.41) is 72.0. The van der Waals surface area contributed by atoms with Crippen molar-refractivity contribution in [3.05, 3.63) is 22.4 Å². The van der Waals surface area contributed by atoms with Crippen LogP contribution in [0.15, 0.2) is 21.3 Å². The van der Waals surface area contributed by atoms with Crippen molar-refractivity contribution in [2.24, 2.45) is 0 Å². The molecule has 0 saturated carbocycles. The van der Waals surface area contributed by atoms with Crippen LogP contribution in [-0.2, 0) is 14.2 Å². The Morgan fingerprint density at radius 2 is 1.23 bits per heavy atom. The number of benzene rings is 2. The summed E-state index contributed by atoms with van der Waals surface area (Å²) < 4.78 is 56.2. The molecule has 266 valence electrons. The first kappa shape index (κ1) is 35.6. The maximum atomic E-state index is 14.2. The molecule has 7 N–H and O–H groups in total. The fourth-order valence-electron chi connectivity index (χ4n) is 5.63. The summed E-state index contributed by atoms with van der Waals surface area (Å²) in [5.74, 6) is -0.247. The van der Waals surface area contributed by atoms with E-state index in [1.165, 1.54) is 47.7 Å². The second kappa shape index (κ2) is 14.4. The second-order valence-corrected chi connectivity index (χ2v) is 10.9. The van der Waals surface area contributed by atoms with E-state index in [1.54, 1.807) is 0 Å². The van der Waals surface area contributed by atoms with Crippen LogP contribution >= 0.6 is 0 Å². The maximum Gasteiger partial charge on any atom is 0.229 e. The molecule has 2 aliphatic rings. The highest BCUT2D eigenvalue weighted by Crippen LogP contribution is 2.52. The Balaban J connectivity index is 1.57. The average Bonchev–Trinajstić information content (AvgIpc) is 3.10. The molecule has 2 saturated heterocycles. The predicted molar refractivity (Wildman–Crippen MR) is 160 cm³/mol. The minimum atomic E-state index is -1.91. The molecule has 1 aromatic heterocycles. The zero-order valence-corrected chi connectivity index (χ0v) is 26.5. The molecule has 10 atom stereocenters. The molecular weight excluding hydrogens is 648 g/mol. The Kier molecular flexibility index (Phi) is 10.7. The van der Waals surface area contributed by atoms with Crippen LogP contribution in [0.3, 0.4) is 0 Å². The van der Waals surface area contributed by atoms with Crippen molar-refractivity contribution in [1.82, 2.24) is 0 Å². The van der Waals surface area contributed by atoms with Gasteiger partial charge in [0.2, 0.25) is 29.0 Å². The lowest BCUT2D eigenvalue weighted by Gasteiger charge is -2.42. The van der Waals surface area contributed by atoms with E-state index in [-0.39, 0.29) is 56.4 Å². The summed E-state index contributed by atoms with van der Waals surface area (Å²) in [6, 6.07) is 2.92. The third-order valence-corrected chi connectivity index (χ3v) is 8.23. The van der Waals surface area contributed by atoms with Gasteiger partial charge in [-0.05, 0) is 6.07 Å². The number of fused-ring (bicyclic) bond motifs is 2. The van der Waals surface area contributed by atoms with Crippen molar-refractivity contribution < 1.29 is 82.8 Å². The first-order valence-corrected chi connectivity index (χ1v) is 14.6. The van der Waals surface area contributed by atoms with Gasteiger partial charge < -0.3 is 82.8 Å². The number of rotatable bonds is 11. The van der Waals surface area contributed by atoms with Gasteiger partial charge in [0.25, 0.3) is 0 Å². The third-order valence-electron chi connectivity index (χ3n) is 8.23. The van der Waals surface area contributed by atoms with E-state index in [2.05, 4.69) is 0 Å². The van der Waals surface area contributed by atoms with Gasteiger partial charge in [0.15, 0.2) is 29.0 Å². The van der Waals surface area contributed by atoms with Gasteiger partial charge in [-0.25, -0.2) is 0 Å². The topological polar surface area (TPSA) is 255 Å². The van der Waals surface area contributed by atoms with Gasteiger partial charge in [0.1, 0.15) is 60.0 Å². The van der Waals surface area contributed by atoms with Crippen LogP contribution in [0.1, 0.15) is 0 Å². The normalized spacial score (nSPS) is 30.7. The summed E-state index contributed by atoms with van der Waals surface area (Å²) in [6.07, 6.45) is -16.9. The van der Waals surface area contributed by atoms with Gasteiger partial charge in [-0.1, -0.05) is 0 Å². The van der Waals surface area contributed by atoms with Crippen LogP contribution in [0.5, 0.6) is 34.5 Å². The smallest absolute Gasteiger partial charge is 0.229 e. The van der Waals surface area contributed by atoms with Crippen molar-refractivity contribution in [2.45, 2.75) is 61.4 Å². The minimum absolute atomic E-state index is 0.00389. The summed E-state index contributed by atoms with van der Waals surface area (Å²) in [5.41, 5.74) is -0.809. The molecule has 5 rings (SSSR count). The molecule has 0 radical (unpaired) electrons. The molecule has 18 nitrogen and oxygen atoms in total. The van der Waals surface area contributed by atoms with Crippen LogP contribution in [0.2, 0.25) is 0 Å². The highest BCUT2D eigenvalue weighted by Gasteiger charge is 2.48. The predicted octanol–water partition coefficient (Wildman–Crippen LogP) is -2.01. The van der Waals surface area contributed by atoms with Crippen LogP contribution in [0.4, 0.5) is 0 Å². The van der Waals surface area contributed by atoms with Crippen LogP contribution in [0.25, 0.3) is 21.9 Å². The third kappa shape index (κ3) is 6.04. The molecule has 0 amide bonds. The average molecular weight is 687 g/mol. The molecule has 2 fully saturated rings. The van der Waals surface area contributed by atoms with Gasteiger partial charge in [-0.3, -0.25) is 4.79 Å². The Labute approximate surface area is 272 Å². The fourth-order valence-corrected chi connectivity index (χ4v) is 5.63. The molecular formula is C30H38O18. The summed E-state index contributed by atoms with van der Waals surface area (Å²) in [6.45, 7) is -1.33. The van der Waals surface area contributed by atoms with Crippen molar-refractivity contribution in [2.75, 3.05) is 48.8 Å². The lowest BCUT2D eigenvalue weighted by Crippen LogP contribution is -2.62. The highest BCUT2D eigenvalue weighted by molar-refractivity contribution is 6.01. The lowest BCUT2D eigenvalue weighted by molar-refractivity contribution is -0.323. The minimum Gasteiger partial charge on any atom is -0.497 e. The monoisotopic (exact) mass is 686 g/mol. The molecule has 2 aliphatic heterocycles. The number of hydrogen-bond donors (Lipinski definition) is 7. The molecule has 2 aromatic carbocycles. The van der Waals surface area contributed by atoms with E-state index in [9.17, 15) is 40.5 Å². The van der Waals surface area contributed by atoms with E-state index < -0.39 is 80.1 Å². The van der Waals surface area contributed by atoms with Crippen molar-refractivity contribution >= 4 is 21.9 Å². The zero-order chi connectivity index (χ0) is 35.0. The number of aliphatic hydroxyl groups excluding tert-OH is 7. The standard InChI is InChI=1S/C30H38O18/c1-39-10-6-11-16(32)15-24(47-23(11)12(7-10)40-2)26(41-3)28(43-5)27(42-4)25(15)48-30-22(38)20(36)18(34)14(46-30)9-44-29-21(37)19(35)17(33)13(8-31)45-29/h6-7,13-14,17-22,29-31,33-38H,8-9H2,1-5H3/t13-,14-,17-,18-,19+,20+,21-,22-,29-,30?/m1/s1. The Morgan fingerprint density at radius 1 is 0.646 bits per heavy atom. The Morgan fingerprint density at radius 3 is 1.81 bits per heavy atom. The molecule has 0 aliphatic carbocycles. The molecule has 18 heteroatoms. The fraction of sp³-hybridized carbons (Fsp3) is 0.567. The van der Waals surface area contributed by atoms with Gasteiger partial charge in [-0.15, -0.1) is 0 Å². The Bertz CT molecular complexity index is 1660.